The molecule has 0 aromatic carbocycles. The highest BCUT2D eigenvalue weighted by Gasteiger charge is 2.29. The Labute approximate surface area is 60.8 Å². The van der Waals surface area contributed by atoms with Crippen molar-refractivity contribution in [1.82, 2.24) is 10.6 Å². The maximum Gasteiger partial charge on any atom is 0.0570 e. The molecular weight excluding hydrogens is 128 g/mol. The van der Waals surface area contributed by atoms with E-state index in [4.69, 9.17) is 0 Å². The van der Waals surface area contributed by atoms with Crippen molar-refractivity contribution >= 4 is 0 Å². The fraction of sp³-hybridized carbons (Fsp3) is 1.00. The molecule has 0 spiro atoms. The van der Waals surface area contributed by atoms with Crippen molar-refractivity contribution in [1.29, 1.82) is 0 Å². The lowest BCUT2D eigenvalue weighted by Crippen LogP contribution is -2.60. The molecule has 2 rings (SSSR count). The van der Waals surface area contributed by atoms with Gasteiger partial charge in [0.1, 0.15) is 0 Å². The van der Waals surface area contributed by atoms with E-state index < -0.39 is 0 Å². The molecule has 58 valence electrons. The maximum atomic E-state index is 9.35. The van der Waals surface area contributed by atoms with E-state index in [1.165, 1.54) is 0 Å². The van der Waals surface area contributed by atoms with Crippen LogP contribution in [0.3, 0.4) is 0 Å². The van der Waals surface area contributed by atoms with E-state index in [1.54, 1.807) is 0 Å². The van der Waals surface area contributed by atoms with Crippen molar-refractivity contribution in [3.05, 3.63) is 0 Å². The SMILES string of the molecule is OC1CC2CNCC(C1)N2. The minimum absolute atomic E-state index is 0.0571. The first kappa shape index (κ1) is 6.58. The largest absolute Gasteiger partial charge is 0.393 e. The Hall–Kier alpha value is -0.120. The number of piperidine rings is 1. The molecular formula is C7H14N2O. The summed E-state index contributed by atoms with van der Waals surface area (Å²) in [5, 5.41) is 16.1. The Morgan fingerprint density at radius 2 is 1.70 bits per heavy atom. The van der Waals surface area contributed by atoms with Gasteiger partial charge in [0.05, 0.1) is 6.10 Å². The third-order valence-corrected chi connectivity index (χ3v) is 2.37. The summed E-state index contributed by atoms with van der Waals surface area (Å²) in [6.07, 6.45) is 1.78. The number of hydrogen-bond donors (Lipinski definition) is 3. The Balaban J connectivity index is 1.98. The third kappa shape index (κ3) is 1.17. The predicted molar refractivity (Wildman–Crippen MR) is 38.8 cm³/mol. The van der Waals surface area contributed by atoms with Crippen molar-refractivity contribution in [2.75, 3.05) is 13.1 Å². The van der Waals surface area contributed by atoms with Gasteiger partial charge in [0.25, 0.3) is 0 Å². The second-order valence-corrected chi connectivity index (χ2v) is 3.34. The highest BCUT2D eigenvalue weighted by Crippen LogP contribution is 2.15. The molecule has 2 atom stereocenters. The van der Waals surface area contributed by atoms with Crippen molar-refractivity contribution in [3.63, 3.8) is 0 Å². The molecule has 0 aliphatic carbocycles. The smallest absolute Gasteiger partial charge is 0.0570 e. The van der Waals surface area contributed by atoms with Gasteiger partial charge in [-0.05, 0) is 12.8 Å². The quantitative estimate of drug-likeness (QED) is 0.409. The first-order chi connectivity index (χ1) is 4.84. The molecule has 2 bridgehead atoms. The standard InChI is InChI=1S/C7H14N2O/c10-7-1-5-3-8-4-6(2-7)9-5/h5-10H,1-4H2. The zero-order chi connectivity index (χ0) is 6.97. The summed E-state index contributed by atoms with van der Waals surface area (Å²) in [5.74, 6) is 0. The van der Waals surface area contributed by atoms with Gasteiger partial charge in [0.2, 0.25) is 0 Å². The number of aliphatic hydroxyl groups excluding tert-OH is 1. The van der Waals surface area contributed by atoms with E-state index in [-0.39, 0.29) is 6.10 Å². The zero-order valence-electron chi connectivity index (χ0n) is 6.01. The maximum absolute atomic E-state index is 9.35. The van der Waals surface area contributed by atoms with E-state index in [0.29, 0.717) is 12.1 Å². The molecule has 3 nitrogen and oxygen atoms in total. The summed E-state index contributed by atoms with van der Waals surface area (Å²) in [7, 11) is 0. The van der Waals surface area contributed by atoms with Crippen LogP contribution in [0.15, 0.2) is 0 Å². The van der Waals surface area contributed by atoms with E-state index in [9.17, 15) is 5.11 Å². The van der Waals surface area contributed by atoms with Crippen molar-refractivity contribution in [2.45, 2.75) is 31.0 Å². The summed E-state index contributed by atoms with van der Waals surface area (Å²) < 4.78 is 0. The molecule has 2 heterocycles. The van der Waals surface area contributed by atoms with Gasteiger partial charge in [0.15, 0.2) is 0 Å². The lowest BCUT2D eigenvalue weighted by atomic mass is 9.93. The van der Waals surface area contributed by atoms with Crippen molar-refractivity contribution in [2.24, 2.45) is 0 Å². The normalized spacial score (nSPS) is 47.1. The van der Waals surface area contributed by atoms with Gasteiger partial charge in [-0.3, -0.25) is 0 Å². The van der Waals surface area contributed by atoms with Gasteiger partial charge in [-0.2, -0.15) is 0 Å². The topological polar surface area (TPSA) is 44.3 Å². The highest BCUT2D eigenvalue weighted by atomic mass is 16.3. The molecule has 0 aromatic rings. The first-order valence-corrected chi connectivity index (χ1v) is 3.99. The van der Waals surface area contributed by atoms with Crippen LogP contribution >= 0.6 is 0 Å². The predicted octanol–water partition coefficient (Wildman–Crippen LogP) is -0.929. The van der Waals surface area contributed by atoms with E-state index >= 15 is 0 Å². The van der Waals surface area contributed by atoms with Gasteiger partial charge in [-0.1, -0.05) is 0 Å². The van der Waals surface area contributed by atoms with Gasteiger partial charge < -0.3 is 15.7 Å². The van der Waals surface area contributed by atoms with Gasteiger partial charge >= 0.3 is 0 Å². The van der Waals surface area contributed by atoms with E-state index in [2.05, 4.69) is 10.6 Å². The van der Waals surface area contributed by atoms with Crippen LogP contribution in [0.4, 0.5) is 0 Å². The summed E-state index contributed by atoms with van der Waals surface area (Å²) in [6.45, 7) is 2.04. The number of nitrogens with one attached hydrogen (secondary N) is 2. The molecule has 2 saturated heterocycles. The Kier molecular flexibility index (Phi) is 1.64. The van der Waals surface area contributed by atoms with Crippen LogP contribution in [0.25, 0.3) is 0 Å². The molecule has 3 N–H and O–H groups in total. The molecule has 0 saturated carbocycles. The van der Waals surface area contributed by atoms with E-state index in [0.717, 1.165) is 25.9 Å². The molecule has 2 aliphatic heterocycles. The molecule has 0 aromatic heterocycles. The fourth-order valence-electron chi connectivity index (χ4n) is 1.94. The van der Waals surface area contributed by atoms with Crippen molar-refractivity contribution < 1.29 is 5.11 Å². The monoisotopic (exact) mass is 142 g/mol. The number of aliphatic hydroxyl groups is 1. The number of rotatable bonds is 0. The Bertz CT molecular complexity index is 113. The second-order valence-electron chi connectivity index (χ2n) is 3.34. The number of piperazine rings is 1. The van der Waals surface area contributed by atoms with Gasteiger partial charge in [-0.25, -0.2) is 0 Å². The summed E-state index contributed by atoms with van der Waals surface area (Å²) in [5.41, 5.74) is 0. The number of hydrogen-bond acceptors (Lipinski definition) is 3. The molecule has 0 radical (unpaired) electrons. The summed E-state index contributed by atoms with van der Waals surface area (Å²) >= 11 is 0. The molecule has 10 heavy (non-hydrogen) atoms. The van der Waals surface area contributed by atoms with Crippen molar-refractivity contribution in [3.8, 4) is 0 Å². The molecule has 2 unspecified atom stereocenters. The average Bonchev–Trinajstić information content (AvgIpc) is 1.85. The lowest BCUT2D eigenvalue weighted by molar-refractivity contribution is 0.0802. The lowest BCUT2D eigenvalue weighted by Gasteiger charge is -2.38. The van der Waals surface area contributed by atoms with Gasteiger partial charge in [-0.15, -0.1) is 0 Å². The third-order valence-electron chi connectivity index (χ3n) is 2.37. The van der Waals surface area contributed by atoms with Crippen LogP contribution in [0.1, 0.15) is 12.8 Å². The van der Waals surface area contributed by atoms with Crippen LogP contribution in [-0.4, -0.2) is 36.4 Å². The van der Waals surface area contributed by atoms with Crippen LogP contribution in [0, 0.1) is 0 Å². The highest BCUT2D eigenvalue weighted by molar-refractivity contribution is 4.91. The molecule has 3 heteroatoms. The van der Waals surface area contributed by atoms with Gasteiger partial charge in [0, 0.05) is 25.2 Å². The molecule has 2 aliphatic rings. The molecule has 0 amide bonds. The van der Waals surface area contributed by atoms with Crippen LogP contribution in [0.2, 0.25) is 0 Å². The summed E-state index contributed by atoms with van der Waals surface area (Å²) in [4.78, 5) is 0. The van der Waals surface area contributed by atoms with Crippen LogP contribution < -0.4 is 10.6 Å². The summed E-state index contributed by atoms with van der Waals surface area (Å²) in [6, 6.07) is 1.03. The average molecular weight is 142 g/mol. The fourth-order valence-corrected chi connectivity index (χ4v) is 1.94. The van der Waals surface area contributed by atoms with E-state index in [1.807, 2.05) is 0 Å². The zero-order valence-corrected chi connectivity index (χ0v) is 6.01. The minimum Gasteiger partial charge on any atom is -0.393 e. The first-order valence-electron chi connectivity index (χ1n) is 3.99. The number of fused-ring (bicyclic) bond motifs is 2. The Morgan fingerprint density at radius 3 is 2.30 bits per heavy atom. The molecule has 2 fully saturated rings. The Morgan fingerprint density at radius 1 is 1.10 bits per heavy atom. The second kappa shape index (κ2) is 2.49. The minimum atomic E-state index is -0.0571. The van der Waals surface area contributed by atoms with Crippen LogP contribution in [0.5, 0.6) is 0 Å². The van der Waals surface area contributed by atoms with Crippen LogP contribution in [-0.2, 0) is 0 Å².